The van der Waals surface area contributed by atoms with Crippen molar-refractivity contribution in [3.05, 3.63) is 29.6 Å². The Hall–Kier alpha value is -1.09. The van der Waals surface area contributed by atoms with E-state index in [4.69, 9.17) is 10.8 Å². The molecular formula is C10H14FNO. The SMILES string of the molecule is CC(N)CCc1ccc(O)cc1F. The zero-order chi connectivity index (χ0) is 9.84. The maximum Gasteiger partial charge on any atom is 0.130 e. The van der Waals surface area contributed by atoms with Gasteiger partial charge in [-0.3, -0.25) is 0 Å². The highest BCUT2D eigenvalue weighted by Crippen LogP contribution is 2.16. The summed E-state index contributed by atoms with van der Waals surface area (Å²) in [5, 5.41) is 8.95. The number of aromatic hydroxyl groups is 1. The second kappa shape index (κ2) is 4.23. The fourth-order valence-corrected chi connectivity index (χ4v) is 1.12. The molecule has 0 saturated heterocycles. The van der Waals surface area contributed by atoms with Gasteiger partial charge in [0.2, 0.25) is 0 Å². The van der Waals surface area contributed by atoms with Gasteiger partial charge in [-0.1, -0.05) is 6.07 Å². The lowest BCUT2D eigenvalue weighted by molar-refractivity contribution is 0.467. The molecule has 0 radical (unpaired) electrons. The maximum atomic E-state index is 13.1. The third kappa shape index (κ3) is 3.03. The number of phenols is 1. The van der Waals surface area contributed by atoms with Crippen LogP contribution in [0.3, 0.4) is 0 Å². The van der Waals surface area contributed by atoms with Crippen LogP contribution in [0.1, 0.15) is 18.9 Å². The van der Waals surface area contributed by atoms with E-state index in [1.54, 1.807) is 6.07 Å². The number of hydrogen-bond donors (Lipinski definition) is 2. The first-order chi connectivity index (χ1) is 6.09. The summed E-state index contributed by atoms with van der Waals surface area (Å²) in [5.74, 6) is -0.400. The van der Waals surface area contributed by atoms with Crippen molar-refractivity contribution in [1.82, 2.24) is 0 Å². The average Bonchev–Trinajstić information content (AvgIpc) is 2.02. The van der Waals surface area contributed by atoms with E-state index in [1.807, 2.05) is 6.92 Å². The van der Waals surface area contributed by atoms with Crippen molar-refractivity contribution in [3.8, 4) is 5.75 Å². The summed E-state index contributed by atoms with van der Waals surface area (Å²) in [6.45, 7) is 1.89. The molecule has 0 amide bonds. The predicted octanol–water partition coefficient (Wildman–Crippen LogP) is 1.81. The second-order valence-corrected chi connectivity index (χ2v) is 3.29. The molecule has 0 aliphatic heterocycles. The molecule has 1 aromatic rings. The quantitative estimate of drug-likeness (QED) is 0.750. The minimum Gasteiger partial charge on any atom is -0.508 e. The van der Waals surface area contributed by atoms with Crippen molar-refractivity contribution in [2.24, 2.45) is 5.73 Å². The van der Waals surface area contributed by atoms with Gasteiger partial charge in [-0.2, -0.15) is 0 Å². The molecule has 0 bridgehead atoms. The first kappa shape index (κ1) is 9.99. The number of phenolic OH excluding ortho intramolecular Hbond substituents is 1. The summed E-state index contributed by atoms with van der Waals surface area (Å²) in [6, 6.07) is 4.27. The van der Waals surface area contributed by atoms with Crippen LogP contribution in [0.4, 0.5) is 4.39 Å². The van der Waals surface area contributed by atoms with Gasteiger partial charge in [0.15, 0.2) is 0 Å². The summed E-state index contributed by atoms with van der Waals surface area (Å²) in [7, 11) is 0. The minimum atomic E-state index is -0.361. The number of benzene rings is 1. The molecule has 3 N–H and O–H groups in total. The Kier molecular flexibility index (Phi) is 3.25. The number of halogens is 1. The van der Waals surface area contributed by atoms with Crippen molar-refractivity contribution in [2.45, 2.75) is 25.8 Å². The zero-order valence-corrected chi connectivity index (χ0v) is 7.63. The smallest absolute Gasteiger partial charge is 0.130 e. The first-order valence-electron chi connectivity index (χ1n) is 4.32. The Morgan fingerprint density at radius 3 is 2.77 bits per heavy atom. The Morgan fingerprint density at radius 1 is 1.54 bits per heavy atom. The summed E-state index contributed by atoms with van der Waals surface area (Å²) < 4.78 is 13.1. The number of rotatable bonds is 3. The van der Waals surface area contributed by atoms with Gasteiger partial charge in [0.05, 0.1) is 0 Å². The minimum absolute atomic E-state index is 0.0398. The third-order valence-electron chi connectivity index (χ3n) is 1.91. The highest BCUT2D eigenvalue weighted by molar-refractivity contribution is 5.27. The number of nitrogens with two attached hydrogens (primary N) is 1. The lowest BCUT2D eigenvalue weighted by Crippen LogP contribution is -2.15. The van der Waals surface area contributed by atoms with Gasteiger partial charge in [-0.25, -0.2) is 4.39 Å². The summed E-state index contributed by atoms with van der Waals surface area (Å²) in [4.78, 5) is 0. The number of aryl methyl sites for hydroxylation is 1. The van der Waals surface area contributed by atoms with E-state index in [2.05, 4.69) is 0 Å². The van der Waals surface area contributed by atoms with Crippen molar-refractivity contribution < 1.29 is 9.50 Å². The molecule has 0 fully saturated rings. The molecule has 0 saturated carbocycles. The maximum absolute atomic E-state index is 13.1. The molecule has 0 aliphatic carbocycles. The third-order valence-corrected chi connectivity index (χ3v) is 1.91. The van der Waals surface area contributed by atoms with E-state index >= 15 is 0 Å². The Balaban J connectivity index is 2.67. The van der Waals surface area contributed by atoms with E-state index < -0.39 is 0 Å². The Morgan fingerprint density at radius 2 is 2.23 bits per heavy atom. The van der Waals surface area contributed by atoms with Gasteiger partial charge in [0, 0.05) is 12.1 Å². The van der Waals surface area contributed by atoms with E-state index in [0.29, 0.717) is 12.0 Å². The van der Waals surface area contributed by atoms with Gasteiger partial charge < -0.3 is 10.8 Å². The van der Waals surface area contributed by atoms with Crippen LogP contribution in [0.25, 0.3) is 0 Å². The topological polar surface area (TPSA) is 46.2 Å². The first-order valence-corrected chi connectivity index (χ1v) is 4.32. The highest BCUT2D eigenvalue weighted by Gasteiger charge is 2.03. The zero-order valence-electron chi connectivity index (χ0n) is 7.63. The molecule has 0 aromatic heterocycles. The fourth-order valence-electron chi connectivity index (χ4n) is 1.12. The summed E-state index contributed by atoms with van der Waals surface area (Å²) >= 11 is 0. The van der Waals surface area contributed by atoms with Crippen LogP contribution in [0, 0.1) is 5.82 Å². The molecule has 13 heavy (non-hydrogen) atoms. The van der Waals surface area contributed by atoms with Crippen LogP contribution >= 0.6 is 0 Å². The normalized spacial score (nSPS) is 12.8. The molecule has 1 atom stereocenters. The van der Waals surface area contributed by atoms with Crippen LogP contribution in [-0.4, -0.2) is 11.1 Å². The van der Waals surface area contributed by atoms with Crippen LogP contribution < -0.4 is 5.73 Å². The van der Waals surface area contributed by atoms with Crippen molar-refractivity contribution >= 4 is 0 Å². The average molecular weight is 183 g/mol. The lowest BCUT2D eigenvalue weighted by Gasteiger charge is -2.05. The summed E-state index contributed by atoms with van der Waals surface area (Å²) in [5.41, 5.74) is 6.15. The molecule has 3 heteroatoms. The van der Waals surface area contributed by atoms with E-state index in [0.717, 1.165) is 12.5 Å². The lowest BCUT2D eigenvalue weighted by atomic mass is 10.1. The Labute approximate surface area is 77.2 Å². The molecule has 1 unspecified atom stereocenters. The summed E-state index contributed by atoms with van der Waals surface area (Å²) in [6.07, 6.45) is 1.37. The van der Waals surface area contributed by atoms with Crippen LogP contribution in [0.5, 0.6) is 5.75 Å². The number of hydrogen-bond acceptors (Lipinski definition) is 2. The second-order valence-electron chi connectivity index (χ2n) is 3.29. The van der Waals surface area contributed by atoms with E-state index in [1.165, 1.54) is 6.07 Å². The van der Waals surface area contributed by atoms with Crippen molar-refractivity contribution in [3.63, 3.8) is 0 Å². The van der Waals surface area contributed by atoms with Gasteiger partial charge in [0.1, 0.15) is 11.6 Å². The molecular weight excluding hydrogens is 169 g/mol. The van der Waals surface area contributed by atoms with Crippen LogP contribution in [-0.2, 0) is 6.42 Å². The highest BCUT2D eigenvalue weighted by atomic mass is 19.1. The fraction of sp³-hybridized carbons (Fsp3) is 0.400. The molecule has 1 rings (SSSR count). The van der Waals surface area contributed by atoms with Gasteiger partial charge in [-0.05, 0) is 31.4 Å². The molecule has 2 nitrogen and oxygen atoms in total. The van der Waals surface area contributed by atoms with Crippen molar-refractivity contribution in [2.75, 3.05) is 0 Å². The van der Waals surface area contributed by atoms with E-state index in [9.17, 15) is 4.39 Å². The molecule has 0 aliphatic rings. The van der Waals surface area contributed by atoms with Crippen LogP contribution in [0.2, 0.25) is 0 Å². The largest absolute Gasteiger partial charge is 0.508 e. The van der Waals surface area contributed by atoms with E-state index in [-0.39, 0.29) is 17.6 Å². The van der Waals surface area contributed by atoms with Crippen LogP contribution in [0.15, 0.2) is 18.2 Å². The molecule has 1 aromatic carbocycles. The molecule has 0 spiro atoms. The van der Waals surface area contributed by atoms with Gasteiger partial charge in [0.25, 0.3) is 0 Å². The molecule has 72 valence electrons. The monoisotopic (exact) mass is 183 g/mol. The van der Waals surface area contributed by atoms with Gasteiger partial charge >= 0.3 is 0 Å². The van der Waals surface area contributed by atoms with Crippen molar-refractivity contribution in [1.29, 1.82) is 0 Å². The standard InChI is InChI=1S/C10H14FNO/c1-7(12)2-3-8-4-5-9(13)6-10(8)11/h4-7,13H,2-3,12H2,1H3. The predicted molar refractivity (Wildman–Crippen MR) is 50.0 cm³/mol. The molecule has 0 heterocycles. The Bertz CT molecular complexity index is 286. The van der Waals surface area contributed by atoms with Gasteiger partial charge in [-0.15, -0.1) is 0 Å².